The topological polar surface area (TPSA) is 46.3 Å². The molecule has 3 rings (SSSR count). The molecule has 1 heterocycles. The van der Waals surface area contributed by atoms with Crippen LogP contribution < -0.4 is 5.73 Å². The molecule has 5 heteroatoms. The van der Waals surface area contributed by atoms with Gasteiger partial charge >= 0.3 is 0 Å². The molecule has 22 heavy (non-hydrogen) atoms. The molecule has 0 unspecified atom stereocenters. The Balaban J connectivity index is 1.63. The third-order valence-corrected chi connectivity index (χ3v) is 4.99. The van der Waals surface area contributed by atoms with Crippen molar-refractivity contribution >= 4 is 5.91 Å². The summed E-state index contributed by atoms with van der Waals surface area (Å²) in [6.45, 7) is 3.49. The molecule has 0 radical (unpaired) electrons. The molecule has 0 bridgehead atoms. The molecular weight excluding hydrogens is 286 g/mol. The molecule has 2 fully saturated rings. The van der Waals surface area contributed by atoms with E-state index in [0.717, 1.165) is 44.0 Å². The minimum atomic E-state index is -0.844. The maximum absolute atomic E-state index is 13.3. The van der Waals surface area contributed by atoms with Gasteiger partial charge in [-0.1, -0.05) is 6.07 Å². The molecule has 1 amide bonds. The summed E-state index contributed by atoms with van der Waals surface area (Å²) in [6, 6.07) is 4.03. The van der Waals surface area contributed by atoms with E-state index in [0.29, 0.717) is 5.92 Å². The number of halogens is 2. The number of nitrogens with two attached hydrogens (primary N) is 1. The van der Waals surface area contributed by atoms with Gasteiger partial charge in [-0.2, -0.15) is 0 Å². The maximum atomic E-state index is 13.3. The Morgan fingerprint density at radius 3 is 2.82 bits per heavy atom. The predicted molar refractivity (Wildman–Crippen MR) is 80.2 cm³/mol. The van der Waals surface area contributed by atoms with E-state index >= 15 is 0 Å². The molecule has 1 aromatic carbocycles. The van der Waals surface area contributed by atoms with Crippen molar-refractivity contribution in [2.45, 2.75) is 38.1 Å². The molecule has 1 saturated carbocycles. The fourth-order valence-electron chi connectivity index (χ4n) is 3.45. The molecule has 1 saturated heterocycles. The second-order valence-corrected chi connectivity index (χ2v) is 6.67. The zero-order chi connectivity index (χ0) is 15.9. The Bertz CT molecular complexity index is 576. The fourth-order valence-corrected chi connectivity index (χ4v) is 3.45. The van der Waals surface area contributed by atoms with E-state index in [9.17, 15) is 13.6 Å². The number of rotatable bonds is 3. The molecule has 1 aliphatic heterocycles. The van der Waals surface area contributed by atoms with Crippen LogP contribution in [-0.2, 0) is 4.79 Å². The summed E-state index contributed by atoms with van der Waals surface area (Å²) in [6.07, 6.45) is 2.78. The molecular formula is C17H22F2N2O. The van der Waals surface area contributed by atoms with Crippen molar-refractivity contribution in [1.82, 2.24) is 4.90 Å². The molecule has 0 aromatic heterocycles. The number of carbonyl (C=O) groups is 1. The van der Waals surface area contributed by atoms with Gasteiger partial charge in [0.05, 0.1) is 0 Å². The number of carbonyl (C=O) groups excluding carboxylic acids is 1. The lowest BCUT2D eigenvalue weighted by Gasteiger charge is -2.34. The lowest BCUT2D eigenvalue weighted by atomic mass is 9.92. The highest BCUT2D eigenvalue weighted by atomic mass is 19.2. The van der Waals surface area contributed by atoms with Gasteiger partial charge in [-0.25, -0.2) is 8.78 Å². The summed E-state index contributed by atoms with van der Waals surface area (Å²) in [7, 11) is 0. The largest absolute Gasteiger partial charge is 0.342 e. The summed E-state index contributed by atoms with van der Waals surface area (Å²) in [5.74, 6) is -1.25. The van der Waals surface area contributed by atoms with Crippen LogP contribution in [0.5, 0.6) is 0 Å². The lowest BCUT2D eigenvalue weighted by molar-refractivity contribution is -0.134. The van der Waals surface area contributed by atoms with E-state index < -0.39 is 11.6 Å². The van der Waals surface area contributed by atoms with Crippen LogP contribution in [0.15, 0.2) is 18.2 Å². The monoisotopic (exact) mass is 308 g/mol. The highest BCUT2D eigenvalue weighted by molar-refractivity contribution is 5.83. The Kier molecular flexibility index (Phi) is 4.17. The highest BCUT2D eigenvalue weighted by Crippen LogP contribution is 2.49. The van der Waals surface area contributed by atoms with E-state index in [-0.39, 0.29) is 23.8 Å². The van der Waals surface area contributed by atoms with Crippen molar-refractivity contribution in [3.05, 3.63) is 35.4 Å². The minimum absolute atomic E-state index is 0.0262. The number of amides is 1. The summed E-state index contributed by atoms with van der Waals surface area (Å²) >= 11 is 0. The first-order valence-corrected chi connectivity index (χ1v) is 7.96. The van der Waals surface area contributed by atoms with Crippen molar-refractivity contribution in [2.75, 3.05) is 13.1 Å². The van der Waals surface area contributed by atoms with Crippen molar-refractivity contribution in [3.8, 4) is 0 Å². The van der Waals surface area contributed by atoms with E-state index in [2.05, 4.69) is 0 Å². The summed E-state index contributed by atoms with van der Waals surface area (Å²) in [4.78, 5) is 14.5. The first-order chi connectivity index (χ1) is 10.5. The summed E-state index contributed by atoms with van der Waals surface area (Å²) in [5, 5.41) is 0. The number of hydrogen-bond donors (Lipinski definition) is 1. The zero-order valence-electron chi connectivity index (χ0n) is 12.8. The third kappa shape index (κ3) is 3.00. The van der Waals surface area contributed by atoms with Crippen LogP contribution in [0.3, 0.4) is 0 Å². The molecule has 3 nitrogen and oxygen atoms in total. The summed E-state index contributed by atoms with van der Waals surface area (Å²) < 4.78 is 26.3. The number of nitrogens with zero attached hydrogens (tertiary/aromatic N) is 1. The van der Waals surface area contributed by atoms with Crippen LogP contribution in [0.4, 0.5) is 8.78 Å². The van der Waals surface area contributed by atoms with Gasteiger partial charge in [0.25, 0.3) is 0 Å². The fraction of sp³-hybridized carbons (Fsp3) is 0.588. The van der Waals surface area contributed by atoms with Crippen LogP contribution >= 0.6 is 0 Å². The summed E-state index contributed by atoms with van der Waals surface area (Å²) in [5.41, 5.74) is 6.68. The Hall–Kier alpha value is -1.49. The Morgan fingerprint density at radius 1 is 1.36 bits per heavy atom. The molecule has 1 aliphatic carbocycles. The van der Waals surface area contributed by atoms with Gasteiger partial charge in [-0.15, -0.1) is 0 Å². The Labute approximate surface area is 129 Å². The third-order valence-electron chi connectivity index (χ3n) is 4.99. The van der Waals surface area contributed by atoms with Gasteiger partial charge in [0.1, 0.15) is 0 Å². The smallest absolute Gasteiger partial charge is 0.226 e. The average Bonchev–Trinajstić information content (AvgIpc) is 3.30. The van der Waals surface area contributed by atoms with E-state index in [1.54, 1.807) is 6.07 Å². The molecule has 4 atom stereocenters. The molecule has 1 aromatic rings. The SMILES string of the molecule is C[C@H](N)[C@@H]1CCCN(C(=O)[C@H]2C[C@H]2c2ccc(F)c(F)c2)C1. The van der Waals surface area contributed by atoms with Crippen LogP contribution in [0.25, 0.3) is 0 Å². The minimum Gasteiger partial charge on any atom is -0.342 e. The zero-order valence-corrected chi connectivity index (χ0v) is 12.8. The van der Waals surface area contributed by atoms with Gasteiger partial charge in [0.2, 0.25) is 5.91 Å². The van der Waals surface area contributed by atoms with E-state index in [1.807, 2.05) is 11.8 Å². The first-order valence-electron chi connectivity index (χ1n) is 7.96. The molecule has 120 valence electrons. The quantitative estimate of drug-likeness (QED) is 0.933. The van der Waals surface area contributed by atoms with Crippen molar-refractivity contribution in [3.63, 3.8) is 0 Å². The normalized spacial score (nSPS) is 29.3. The van der Waals surface area contributed by atoms with Gasteiger partial charge < -0.3 is 10.6 Å². The van der Waals surface area contributed by atoms with Gasteiger partial charge in [-0.05, 0) is 55.7 Å². The van der Waals surface area contributed by atoms with Crippen molar-refractivity contribution in [1.29, 1.82) is 0 Å². The molecule has 2 N–H and O–H groups in total. The van der Waals surface area contributed by atoms with E-state index in [4.69, 9.17) is 5.73 Å². The number of piperidine rings is 1. The number of hydrogen-bond acceptors (Lipinski definition) is 2. The number of likely N-dealkylation sites (tertiary alicyclic amines) is 1. The molecule has 2 aliphatic rings. The Morgan fingerprint density at radius 2 is 2.14 bits per heavy atom. The average molecular weight is 308 g/mol. The van der Waals surface area contributed by atoms with Crippen LogP contribution in [0.2, 0.25) is 0 Å². The number of benzene rings is 1. The van der Waals surface area contributed by atoms with Crippen molar-refractivity contribution in [2.24, 2.45) is 17.6 Å². The second-order valence-electron chi connectivity index (χ2n) is 6.67. The predicted octanol–water partition coefficient (Wildman–Crippen LogP) is 2.65. The maximum Gasteiger partial charge on any atom is 0.226 e. The van der Waals surface area contributed by atoms with Crippen LogP contribution in [0.1, 0.15) is 37.7 Å². The molecule has 0 spiro atoms. The van der Waals surface area contributed by atoms with Gasteiger partial charge in [0, 0.05) is 25.0 Å². The van der Waals surface area contributed by atoms with Crippen molar-refractivity contribution < 1.29 is 13.6 Å². The lowest BCUT2D eigenvalue weighted by Crippen LogP contribution is -2.45. The van der Waals surface area contributed by atoms with Gasteiger partial charge in [0.15, 0.2) is 11.6 Å². The first kappa shape index (κ1) is 15.4. The second kappa shape index (κ2) is 5.95. The van der Waals surface area contributed by atoms with E-state index in [1.165, 1.54) is 6.07 Å². The highest BCUT2D eigenvalue weighted by Gasteiger charge is 2.46. The van der Waals surface area contributed by atoms with Crippen LogP contribution in [0, 0.1) is 23.5 Å². The van der Waals surface area contributed by atoms with Crippen LogP contribution in [-0.4, -0.2) is 29.9 Å². The van der Waals surface area contributed by atoms with Gasteiger partial charge in [-0.3, -0.25) is 4.79 Å². The standard InChI is InChI=1S/C17H22F2N2O/c1-10(20)12-3-2-6-21(9-12)17(22)14-8-13(14)11-4-5-15(18)16(19)7-11/h4-5,7,10,12-14H,2-3,6,8-9,20H2,1H3/t10-,12+,13-,14-/m0/s1.